The van der Waals surface area contributed by atoms with Gasteiger partial charge in [-0.3, -0.25) is 9.59 Å². The third kappa shape index (κ3) is 4.97. The number of aromatic amines is 1. The largest absolute Gasteiger partial charge is 0.493 e. The third-order valence-electron chi connectivity index (χ3n) is 3.09. The molecule has 2 rings (SSSR count). The van der Waals surface area contributed by atoms with Gasteiger partial charge in [0.05, 0.1) is 27.6 Å². The summed E-state index contributed by atoms with van der Waals surface area (Å²) in [5.41, 5.74) is -0.384. The summed E-state index contributed by atoms with van der Waals surface area (Å²) < 4.78 is 0. The Kier molecular flexibility index (Phi) is 6.05. The van der Waals surface area contributed by atoms with Crippen LogP contribution in [0.1, 0.15) is 23.7 Å². The lowest BCUT2D eigenvalue weighted by molar-refractivity contribution is -0.115. The van der Waals surface area contributed by atoms with Crippen molar-refractivity contribution in [1.82, 2.24) is 9.97 Å². The molecule has 0 aliphatic carbocycles. The molecule has 1 amide bonds. The number of aromatic carboxylic acids is 1. The number of H-pyrrole nitrogens is 1. The molecule has 10 heteroatoms. The first kappa shape index (κ1) is 18.8. The summed E-state index contributed by atoms with van der Waals surface area (Å²) in [6, 6.07) is 4.88. The van der Waals surface area contributed by atoms with Crippen LogP contribution in [0.3, 0.4) is 0 Å². The van der Waals surface area contributed by atoms with Gasteiger partial charge in [0, 0.05) is 0 Å². The van der Waals surface area contributed by atoms with Gasteiger partial charge >= 0.3 is 5.97 Å². The molecule has 8 nitrogen and oxygen atoms in total. The smallest absolute Gasteiger partial charge is 0.335 e. The number of nitrogens with zero attached hydrogens (tertiary/aromatic N) is 1. The number of rotatable bonds is 6. The van der Waals surface area contributed by atoms with Gasteiger partial charge < -0.3 is 20.5 Å². The van der Waals surface area contributed by atoms with Crippen molar-refractivity contribution in [3.05, 3.63) is 45.2 Å². The zero-order valence-electron chi connectivity index (χ0n) is 12.9. The Balaban J connectivity index is 2.18. The van der Waals surface area contributed by atoms with Crippen LogP contribution in [0.15, 0.2) is 34.2 Å². The Morgan fingerprint density at radius 1 is 1.40 bits per heavy atom. The maximum Gasteiger partial charge on any atom is 0.335 e. The molecule has 1 heterocycles. The van der Waals surface area contributed by atoms with Crippen LogP contribution < -0.4 is 10.9 Å². The molecule has 0 spiro atoms. The number of benzene rings is 1. The molecule has 132 valence electrons. The number of carbonyl (C=O) groups is 2. The standard InChI is InChI=1S/C15H14ClN3O5S/c1-2-10(25-15-18-11(20)6-12(21)19-15)13(22)17-9-5-7(14(23)24)3-4-8(9)16/h3-6,10H,2H2,1H3,(H,17,22)(H,23,24)(H2,18,19,20,21). The summed E-state index contributed by atoms with van der Waals surface area (Å²) in [5, 5.41) is 20.6. The van der Waals surface area contributed by atoms with Gasteiger partial charge in [0.25, 0.3) is 5.56 Å². The Morgan fingerprint density at radius 2 is 2.12 bits per heavy atom. The monoisotopic (exact) mass is 383 g/mol. The van der Waals surface area contributed by atoms with E-state index < -0.39 is 28.6 Å². The molecule has 0 radical (unpaired) electrons. The van der Waals surface area contributed by atoms with Crippen molar-refractivity contribution < 1.29 is 19.8 Å². The van der Waals surface area contributed by atoms with Gasteiger partial charge in [-0.25, -0.2) is 4.79 Å². The number of thioether (sulfide) groups is 1. The third-order valence-corrected chi connectivity index (χ3v) is 4.67. The number of carboxylic acids is 1. The average Bonchev–Trinajstić information content (AvgIpc) is 2.53. The van der Waals surface area contributed by atoms with Crippen LogP contribution >= 0.6 is 23.4 Å². The van der Waals surface area contributed by atoms with Gasteiger partial charge in [0.15, 0.2) is 5.16 Å². The summed E-state index contributed by atoms with van der Waals surface area (Å²) in [7, 11) is 0. The molecular weight excluding hydrogens is 370 g/mol. The minimum atomic E-state index is -1.14. The maximum absolute atomic E-state index is 12.4. The highest BCUT2D eigenvalue weighted by atomic mass is 35.5. The van der Waals surface area contributed by atoms with E-state index in [2.05, 4.69) is 15.3 Å². The topological polar surface area (TPSA) is 132 Å². The summed E-state index contributed by atoms with van der Waals surface area (Å²) in [5.74, 6) is -2.03. The quantitative estimate of drug-likeness (QED) is 0.444. The summed E-state index contributed by atoms with van der Waals surface area (Å²) >= 11 is 6.95. The van der Waals surface area contributed by atoms with Crippen molar-refractivity contribution in [2.24, 2.45) is 0 Å². The Hall–Kier alpha value is -2.52. The van der Waals surface area contributed by atoms with E-state index in [9.17, 15) is 19.5 Å². The van der Waals surface area contributed by atoms with E-state index in [1.165, 1.54) is 18.2 Å². The second-order valence-corrected chi connectivity index (χ2v) is 6.51. The lowest BCUT2D eigenvalue weighted by Crippen LogP contribution is -2.25. The average molecular weight is 384 g/mol. The fourth-order valence-corrected chi connectivity index (χ4v) is 2.98. The molecule has 1 unspecified atom stereocenters. The van der Waals surface area contributed by atoms with E-state index in [0.29, 0.717) is 6.42 Å². The maximum atomic E-state index is 12.4. The van der Waals surface area contributed by atoms with Gasteiger partial charge in [-0.15, -0.1) is 0 Å². The highest BCUT2D eigenvalue weighted by Gasteiger charge is 2.21. The Labute approximate surface area is 151 Å². The molecule has 4 N–H and O–H groups in total. The van der Waals surface area contributed by atoms with Crippen molar-refractivity contribution >= 4 is 40.9 Å². The SMILES string of the molecule is CCC(Sc1nc(O)cc(=O)[nH]1)C(=O)Nc1cc(C(=O)O)ccc1Cl. The number of carboxylic acid groups (broad SMARTS) is 1. The summed E-state index contributed by atoms with van der Waals surface area (Å²) in [6.07, 6.45) is 0.395. The fourth-order valence-electron chi connectivity index (χ4n) is 1.90. The van der Waals surface area contributed by atoms with E-state index in [1.54, 1.807) is 6.92 Å². The van der Waals surface area contributed by atoms with Crippen molar-refractivity contribution in [2.75, 3.05) is 5.32 Å². The second kappa shape index (κ2) is 8.04. The highest BCUT2D eigenvalue weighted by Crippen LogP contribution is 2.27. The lowest BCUT2D eigenvalue weighted by atomic mass is 10.2. The normalized spacial score (nSPS) is 11.8. The van der Waals surface area contributed by atoms with Gasteiger partial charge in [-0.05, 0) is 24.6 Å². The minimum absolute atomic E-state index is 0.0145. The number of hydrogen-bond acceptors (Lipinski definition) is 6. The number of anilines is 1. The first-order valence-corrected chi connectivity index (χ1v) is 8.36. The number of amides is 1. The summed E-state index contributed by atoms with van der Waals surface area (Å²) in [6.45, 7) is 1.76. The Morgan fingerprint density at radius 3 is 2.72 bits per heavy atom. The number of hydrogen-bond donors (Lipinski definition) is 4. The number of aromatic nitrogens is 2. The zero-order valence-corrected chi connectivity index (χ0v) is 14.5. The van der Waals surface area contributed by atoms with Crippen molar-refractivity contribution in [3.8, 4) is 5.88 Å². The van der Waals surface area contributed by atoms with Crippen LogP contribution in [0.25, 0.3) is 0 Å². The molecule has 0 fully saturated rings. The predicted octanol–water partition coefficient (Wildman–Crippen LogP) is 2.34. The molecule has 2 aromatic rings. The van der Waals surface area contributed by atoms with Crippen LogP contribution in [0.5, 0.6) is 5.88 Å². The van der Waals surface area contributed by atoms with Crippen molar-refractivity contribution in [3.63, 3.8) is 0 Å². The van der Waals surface area contributed by atoms with Crippen LogP contribution in [-0.2, 0) is 4.79 Å². The van der Waals surface area contributed by atoms with Crippen LogP contribution in [0.2, 0.25) is 5.02 Å². The highest BCUT2D eigenvalue weighted by molar-refractivity contribution is 8.00. The van der Waals surface area contributed by atoms with Gasteiger partial charge in [-0.1, -0.05) is 30.3 Å². The van der Waals surface area contributed by atoms with Crippen molar-refractivity contribution in [1.29, 1.82) is 0 Å². The number of nitrogens with one attached hydrogen (secondary N) is 2. The van der Waals surface area contributed by atoms with Crippen LogP contribution in [0, 0.1) is 0 Å². The van der Waals surface area contributed by atoms with Gasteiger partial charge in [0.2, 0.25) is 11.8 Å². The molecule has 1 aromatic heterocycles. The van der Waals surface area contributed by atoms with E-state index in [0.717, 1.165) is 17.8 Å². The molecule has 25 heavy (non-hydrogen) atoms. The van der Waals surface area contributed by atoms with E-state index in [4.69, 9.17) is 16.7 Å². The zero-order chi connectivity index (χ0) is 18.6. The van der Waals surface area contributed by atoms with Crippen LogP contribution in [0.4, 0.5) is 5.69 Å². The number of aromatic hydroxyl groups is 1. The fraction of sp³-hybridized carbons (Fsp3) is 0.200. The second-order valence-electron chi connectivity index (χ2n) is 4.91. The first-order valence-electron chi connectivity index (χ1n) is 7.11. The first-order chi connectivity index (χ1) is 11.8. The predicted molar refractivity (Wildman–Crippen MR) is 93.5 cm³/mol. The van der Waals surface area contributed by atoms with E-state index in [1.807, 2.05) is 0 Å². The molecule has 1 aromatic carbocycles. The molecule has 0 saturated heterocycles. The molecule has 0 bridgehead atoms. The Bertz CT molecular complexity index is 870. The number of carbonyl (C=O) groups excluding carboxylic acids is 1. The molecule has 0 aliphatic rings. The lowest BCUT2D eigenvalue weighted by Gasteiger charge is -2.15. The molecule has 1 atom stereocenters. The summed E-state index contributed by atoms with van der Waals surface area (Å²) in [4.78, 5) is 41.0. The van der Waals surface area contributed by atoms with Crippen molar-refractivity contribution in [2.45, 2.75) is 23.8 Å². The number of halogens is 1. The van der Waals surface area contributed by atoms with E-state index in [-0.39, 0.29) is 21.4 Å². The molecule has 0 saturated carbocycles. The van der Waals surface area contributed by atoms with E-state index >= 15 is 0 Å². The minimum Gasteiger partial charge on any atom is -0.493 e. The van der Waals surface area contributed by atoms with Gasteiger partial charge in [-0.2, -0.15) is 4.98 Å². The molecule has 0 aliphatic heterocycles. The van der Waals surface area contributed by atoms with Crippen LogP contribution in [-0.4, -0.2) is 37.3 Å². The molecular formula is C15H14ClN3O5S. The van der Waals surface area contributed by atoms with Gasteiger partial charge in [0.1, 0.15) is 0 Å².